The highest BCUT2D eigenvalue weighted by molar-refractivity contribution is 5.90. The van der Waals surface area contributed by atoms with Crippen LogP contribution in [-0.2, 0) is 4.74 Å². The number of nitrogens with zero attached hydrogens (tertiary/aromatic N) is 3. The zero-order chi connectivity index (χ0) is 20.8. The number of benzene rings is 2. The van der Waals surface area contributed by atoms with Gasteiger partial charge in [-0.05, 0) is 37.3 Å². The van der Waals surface area contributed by atoms with Crippen LogP contribution in [0, 0.1) is 0 Å². The van der Waals surface area contributed by atoms with Crippen LogP contribution in [0.3, 0.4) is 0 Å². The summed E-state index contributed by atoms with van der Waals surface area (Å²) in [7, 11) is 2.80. The second-order valence-corrected chi connectivity index (χ2v) is 5.98. The van der Waals surface area contributed by atoms with Gasteiger partial charge in [-0.15, -0.1) is 0 Å². The molecule has 0 aliphatic carbocycles. The predicted molar refractivity (Wildman–Crippen MR) is 107 cm³/mol. The maximum Gasteiger partial charge on any atom is 0.337 e. The Hall–Kier alpha value is -3.88. The third kappa shape index (κ3) is 4.89. The number of aromatic nitrogens is 3. The van der Waals surface area contributed by atoms with E-state index in [0.29, 0.717) is 28.8 Å². The fourth-order valence-corrected chi connectivity index (χ4v) is 2.55. The molecule has 2 aromatic carbocycles. The topological polar surface area (TPSA) is 121 Å². The molecule has 150 valence electrons. The van der Waals surface area contributed by atoms with E-state index in [0.717, 1.165) is 5.69 Å². The molecular formula is C20H21N5O4. The molecule has 3 N–H and O–H groups in total. The highest BCUT2D eigenvalue weighted by Crippen LogP contribution is 2.32. The van der Waals surface area contributed by atoms with Crippen molar-refractivity contribution in [1.29, 1.82) is 0 Å². The van der Waals surface area contributed by atoms with E-state index >= 15 is 0 Å². The highest BCUT2D eigenvalue weighted by atomic mass is 16.5. The minimum Gasteiger partial charge on any atom is -0.493 e. The van der Waals surface area contributed by atoms with Gasteiger partial charge in [0, 0.05) is 5.69 Å². The summed E-state index contributed by atoms with van der Waals surface area (Å²) in [5.74, 6) is 1.05. The molecule has 29 heavy (non-hydrogen) atoms. The monoisotopic (exact) mass is 395 g/mol. The molecule has 1 heterocycles. The maximum absolute atomic E-state index is 11.7. The highest BCUT2D eigenvalue weighted by Gasteiger charge is 2.18. The molecule has 0 saturated carbocycles. The average Bonchev–Trinajstić information content (AvgIpc) is 2.73. The summed E-state index contributed by atoms with van der Waals surface area (Å²) in [4.78, 5) is 24.3. The maximum atomic E-state index is 11.7. The van der Waals surface area contributed by atoms with Gasteiger partial charge >= 0.3 is 5.97 Å². The molecule has 0 fully saturated rings. The quantitative estimate of drug-likeness (QED) is 0.581. The largest absolute Gasteiger partial charge is 0.493 e. The normalized spacial score (nSPS) is 11.4. The van der Waals surface area contributed by atoms with E-state index in [4.69, 9.17) is 19.9 Å². The summed E-state index contributed by atoms with van der Waals surface area (Å²) in [6.45, 7) is 1.77. The number of methoxy groups -OCH3 is 2. The molecule has 9 heteroatoms. The molecular weight excluding hydrogens is 374 g/mol. The van der Waals surface area contributed by atoms with Crippen LogP contribution in [0.25, 0.3) is 0 Å². The van der Waals surface area contributed by atoms with Gasteiger partial charge in [0.05, 0.1) is 19.8 Å². The number of carbonyl (C=O) groups excluding carboxylic acids is 1. The lowest BCUT2D eigenvalue weighted by Gasteiger charge is -2.17. The number of ether oxygens (including phenoxy) is 3. The summed E-state index contributed by atoms with van der Waals surface area (Å²) >= 11 is 0. The number of hydrogen-bond acceptors (Lipinski definition) is 9. The van der Waals surface area contributed by atoms with Crippen LogP contribution in [0.5, 0.6) is 11.5 Å². The lowest BCUT2D eigenvalue weighted by molar-refractivity contribution is 0.0600. The van der Waals surface area contributed by atoms with Crippen molar-refractivity contribution >= 4 is 23.6 Å². The summed E-state index contributed by atoms with van der Waals surface area (Å²) in [5.41, 5.74) is 7.00. The van der Waals surface area contributed by atoms with Gasteiger partial charge in [0.2, 0.25) is 11.9 Å². The van der Waals surface area contributed by atoms with Crippen LogP contribution in [0.2, 0.25) is 0 Å². The SMILES string of the molecule is COC(=O)c1ccc(O[C@@H](C)c2nc(N)nc(Nc3ccccc3)n2)c(OC)c1. The Bertz CT molecular complexity index is 997. The fourth-order valence-electron chi connectivity index (χ4n) is 2.55. The Kier molecular flexibility index (Phi) is 6.08. The molecule has 0 unspecified atom stereocenters. The lowest BCUT2D eigenvalue weighted by atomic mass is 10.2. The number of nitrogens with one attached hydrogen (secondary N) is 1. The minimum absolute atomic E-state index is 0.0666. The zero-order valence-electron chi connectivity index (χ0n) is 16.2. The molecule has 0 radical (unpaired) electrons. The van der Waals surface area contributed by atoms with E-state index in [2.05, 4.69) is 20.3 Å². The van der Waals surface area contributed by atoms with E-state index in [1.54, 1.807) is 19.1 Å². The predicted octanol–water partition coefficient (Wildman–Crippen LogP) is 3.13. The number of para-hydroxylation sites is 1. The lowest BCUT2D eigenvalue weighted by Crippen LogP contribution is -2.13. The van der Waals surface area contributed by atoms with E-state index in [-0.39, 0.29) is 5.95 Å². The number of anilines is 3. The van der Waals surface area contributed by atoms with Crippen LogP contribution in [-0.4, -0.2) is 35.1 Å². The van der Waals surface area contributed by atoms with Crippen molar-refractivity contribution in [3.8, 4) is 11.5 Å². The van der Waals surface area contributed by atoms with Gasteiger partial charge in [0.15, 0.2) is 23.4 Å². The van der Waals surface area contributed by atoms with Gasteiger partial charge in [0.1, 0.15) is 0 Å². The standard InChI is InChI=1S/C20H21N5O4/c1-12(29-15-10-9-13(18(26)28-3)11-16(15)27-2)17-23-19(21)25-20(24-17)22-14-7-5-4-6-8-14/h4-12H,1-3H3,(H3,21,22,23,24,25)/t12-/m0/s1. The minimum atomic E-state index is -0.561. The number of hydrogen-bond donors (Lipinski definition) is 2. The smallest absolute Gasteiger partial charge is 0.337 e. The Morgan fingerprint density at radius 1 is 1.03 bits per heavy atom. The third-order valence-corrected chi connectivity index (χ3v) is 3.95. The van der Waals surface area contributed by atoms with Crippen LogP contribution >= 0.6 is 0 Å². The van der Waals surface area contributed by atoms with E-state index in [1.807, 2.05) is 30.3 Å². The summed E-state index contributed by atoms with van der Waals surface area (Å²) in [6.07, 6.45) is -0.561. The molecule has 3 rings (SSSR count). The van der Waals surface area contributed by atoms with Crippen molar-refractivity contribution in [3.63, 3.8) is 0 Å². The second-order valence-electron chi connectivity index (χ2n) is 5.98. The van der Waals surface area contributed by atoms with Gasteiger partial charge in [-0.25, -0.2) is 4.79 Å². The van der Waals surface area contributed by atoms with Crippen LogP contribution in [0.15, 0.2) is 48.5 Å². The van der Waals surface area contributed by atoms with Gasteiger partial charge in [0.25, 0.3) is 0 Å². The number of carbonyl (C=O) groups is 1. The summed E-state index contributed by atoms with van der Waals surface area (Å²) in [5, 5.41) is 3.08. The van der Waals surface area contributed by atoms with Crippen LogP contribution in [0.4, 0.5) is 17.6 Å². The van der Waals surface area contributed by atoms with Crippen molar-refractivity contribution in [3.05, 3.63) is 59.9 Å². The van der Waals surface area contributed by atoms with Gasteiger partial charge in [-0.2, -0.15) is 15.0 Å². The van der Waals surface area contributed by atoms with E-state index in [1.165, 1.54) is 20.3 Å². The van der Waals surface area contributed by atoms with E-state index in [9.17, 15) is 4.79 Å². The van der Waals surface area contributed by atoms with Gasteiger partial charge in [-0.3, -0.25) is 0 Å². The summed E-state index contributed by atoms with van der Waals surface area (Å²) < 4.78 is 16.0. The van der Waals surface area contributed by atoms with Crippen LogP contribution < -0.4 is 20.5 Å². The Labute approximate surface area is 167 Å². The molecule has 1 atom stereocenters. The van der Waals surface area contributed by atoms with Crippen LogP contribution in [0.1, 0.15) is 29.2 Å². The van der Waals surface area contributed by atoms with Crippen molar-refractivity contribution < 1.29 is 19.0 Å². The molecule has 0 bridgehead atoms. The Morgan fingerprint density at radius 2 is 1.79 bits per heavy atom. The van der Waals surface area contributed by atoms with Gasteiger partial charge < -0.3 is 25.3 Å². The molecule has 0 amide bonds. The molecule has 9 nitrogen and oxygen atoms in total. The van der Waals surface area contributed by atoms with Crippen molar-refractivity contribution in [2.24, 2.45) is 0 Å². The van der Waals surface area contributed by atoms with Gasteiger partial charge in [-0.1, -0.05) is 18.2 Å². The molecule has 1 aromatic heterocycles. The summed E-state index contributed by atoms with van der Waals surface area (Å²) in [6, 6.07) is 14.2. The number of nitrogens with two attached hydrogens (primary N) is 1. The average molecular weight is 395 g/mol. The molecule has 3 aromatic rings. The molecule has 0 spiro atoms. The molecule has 0 saturated heterocycles. The number of nitrogen functional groups attached to an aromatic ring is 1. The van der Waals surface area contributed by atoms with Crippen molar-refractivity contribution in [1.82, 2.24) is 15.0 Å². The third-order valence-electron chi connectivity index (χ3n) is 3.95. The zero-order valence-corrected chi connectivity index (χ0v) is 16.2. The Balaban J connectivity index is 1.82. The number of esters is 1. The van der Waals surface area contributed by atoms with Crippen molar-refractivity contribution in [2.45, 2.75) is 13.0 Å². The first-order valence-corrected chi connectivity index (χ1v) is 8.76. The first-order chi connectivity index (χ1) is 14.0. The second kappa shape index (κ2) is 8.87. The van der Waals surface area contributed by atoms with Crippen molar-refractivity contribution in [2.75, 3.05) is 25.3 Å². The first-order valence-electron chi connectivity index (χ1n) is 8.76. The fraction of sp³-hybridized carbons (Fsp3) is 0.200. The number of rotatable bonds is 7. The van der Waals surface area contributed by atoms with E-state index < -0.39 is 12.1 Å². The Morgan fingerprint density at radius 3 is 2.48 bits per heavy atom. The molecule has 0 aliphatic heterocycles. The molecule has 0 aliphatic rings. The first kappa shape index (κ1) is 19.9.